The Balaban J connectivity index is 1.98. The number of nitrogens with zero attached hydrogens (tertiary/aromatic N) is 4. The molecule has 7 nitrogen and oxygen atoms in total. The minimum atomic E-state index is -0.455. The second-order valence-corrected chi connectivity index (χ2v) is 5.64. The number of ether oxygens (including phenoxy) is 1. The number of pyridine rings is 1. The van der Waals surface area contributed by atoms with Gasteiger partial charge >= 0.3 is 0 Å². The number of fused-ring (bicyclic) bond motifs is 1. The number of methoxy groups -OCH3 is 1. The average molecular weight is 410 g/mol. The van der Waals surface area contributed by atoms with E-state index in [1.54, 1.807) is 11.8 Å². The van der Waals surface area contributed by atoms with Crippen LogP contribution >= 0.6 is 22.6 Å². The number of halogens is 1. The summed E-state index contributed by atoms with van der Waals surface area (Å²) >= 11 is 2.06. The van der Waals surface area contributed by atoms with Crippen LogP contribution in [0.1, 0.15) is 5.56 Å². The quantitative estimate of drug-likeness (QED) is 0.375. The highest BCUT2D eigenvalue weighted by atomic mass is 127. The molecule has 0 saturated heterocycles. The topological polar surface area (TPSA) is 83.1 Å². The Bertz CT molecular complexity index is 845. The van der Waals surface area contributed by atoms with E-state index in [1.165, 1.54) is 12.3 Å². The van der Waals surface area contributed by atoms with Gasteiger partial charge in [-0.05, 0) is 40.3 Å². The zero-order valence-corrected chi connectivity index (χ0v) is 13.7. The van der Waals surface area contributed by atoms with E-state index in [0.29, 0.717) is 21.3 Å². The molecule has 0 amide bonds. The molecule has 112 valence electrons. The summed E-state index contributed by atoms with van der Waals surface area (Å²) in [5.74, 6) is 0.789. The Morgan fingerprint density at radius 3 is 2.73 bits per heavy atom. The highest BCUT2D eigenvalue weighted by molar-refractivity contribution is 14.1. The van der Waals surface area contributed by atoms with Crippen molar-refractivity contribution < 1.29 is 9.66 Å². The van der Waals surface area contributed by atoms with Crippen LogP contribution in [0.5, 0.6) is 5.75 Å². The first-order valence-electron chi connectivity index (χ1n) is 6.38. The van der Waals surface area contributed by atoms with Crippen molar-refractivity contribution in [2.75, 3.05) is 7.11 Å². The fraction of sp³-hybridized carbons (Fsp3) is 0.143. The number of nitro groups is 1. The minimum absolute atomic E-state index is 0.0330. The number of hydrogen-bond donors (Lipinski definition) is 0. The van der Waals surface area contributed by atoms with E-state index in [4.69, 9.17) is 4.74 Å². The third kappa shape index (κ3) is 2.73. The van der Waals surface area contributed by atoms with Crippen LogP contribution in [-0.2, 0) is 6.54 Å². The smallest absolute Gasteiger partial charge is 0.288 e. The van der Waals surface area contributed by atoms with E-state index >= 15 is 0 Å². The molecule has 3 aromatic rings. The normalized spacial score (nSPS) is 10.8. The lowest BCUT2D eigenvalue weighted by Gasteiger charge is -2.04. The molecule has 0 fully saturated rings. The monoisotopic (exact) mass is 410 g/mol. The summed E-state index contributed by atoms with van der Waals surface area (Å²) in [5, 5.41) is 15.9. The van der Waals surface area contributed by atoms with E-state index in [1.807, 2.05) is 24.3 Å². The van der Waals surface area contributed by atoms with Crippen molar-refractivity contribution in [3.8, 4) is 5.75 Å². The summed E-state index contributed by atoms with van der Waals surface area (Å²) in [6.45, 7) is 0.536. The van der Waals surface area contributed by atoms with Gasteiger partial charge in [0.25, 0.3) is 5.69 Å². The maximum Gasteiger partial charge on any atom is 0.288 e. The zero-order chi connectivity index (χ0) is 15.7. The van der Waals surface area contributed by atoms with Crippen molar-refractivity contribution in [3.05, 3.63) is 55.9 Å². The fourth-order valence-corrected chi connectivity index (χ4v) is 2.78. The van der Waals surface area contributed by atoms with Crippen molar-refractivity contribution in [1.29, 1.82) is 0 Å². The molecule has 22 heavy (non-hydrogen) atoms. The third-order valence-corrected chi connectivity index (χ3v) is 4.03. The van der Waals surface area contributed by atoms with Gasteiger partial charge in [-0.25, -0.2) is 9.67 Å². The van der Waals surface area contributed by atoms with Crippen LogP contribution in [0, 0.1) is 13.8 Å². The van der Waals surface area contributed by atoms with Crippen LogP contribution in [0.3, 0.4) is 0 Å². The maximum atomic E-state index is 10.8. The molecule has 0 N–H and O–H groups in total. The fourth-order valence-electron chi connectivity index (χ4n) is 2.13. The molecule has 0 unspecified atom stereocenters. The van der Waals surface area contributed by atoms with Crippen LogP contribution in [0.15, 0.2) is 36.5 Å². The first-order chi connectivity index (χ1) is 10.6. The summed E-state index contributed by atoms with van der Waals surface area (Å²) in [6.07, 6.45) is 1.25. The van der Waals surface area contributed by atoms with Crippen LogP contribution in [0.25, 0.3) is 11.0 Å². The van der Waals surface area contributed by atoms with Crippen molar-refractivity contribution in [2.24, 2.45) is 0 Å². The lowest BCUT2D eigenvalue weighted by Crippen LogP contribution is -2.03. The van der Waals surface area contributed by atoms with Crippen molar-refractivity contribution in [2.45, 2.75) is 6.54 Å². The molecule has 0 atom stereocenters. The van der Waals surface area contributed by atoms with Gasteiger partial charge < -0.3 is 4.74 Å². The molecular formula is C14H11IN4O3. The molecule has 8 heteroatoms. The second kappa shape index (κ2) is 5.87. The van der Waals surface area contributed by atoms with Gasteiger partial charge in [-0.1, -0.05) is 12.1 Å². The van der Waals surface area contributed by atoms with Crippen molar-refractivity contribution in [1.82, 2.24) is 14.8 Å². The van der Waals surface area contributed by atoms with Crippen molar-refractivity contribution in [3.63, 3.8) is 0 Å². The molecule has 0 aliphatic rings. The molecule has 0 aliphatic heterocycles. The molecule has 3 rings (SSSR count). The SMILES string of the molecule is COc1ccc(Cn2nc(I)c3cc([N+](=O)[O-])cnc32)cc1. The standard InChI is InChI=1S/C14H11IN4O3/c1-22-11-4-2-9(3-5-11)8-18-14-12(13(15)17-18)6-10(7-16-14)19(20)21/h2-7H,8H2,1H3. The van der Waals surface area contributed by atoms with Gasteiger partial charge in [0.2, 0.25) is 0 Å². The van der Waals surface area contributed by atoms with Gasteiger partial charge in [0, 0.05) is 6.07 Å². The lowest BCUT2D eigenvalue weighted by atomic mass is 10.2. The minimum Gasteiger partial charge on any atom is -0.497 e. The number of rotatable bonds is 4. The Morgan fingerprint density at radius 2 is 2.09 bits per heavy atom. The molecule has 0 bridgehead atoms. The third-order valence-electron chi connectivity index (χ3n) is 3.23. The van der Waals surface area contributed by atoms with Gasteiger partial charge in [-0.15, -0.1) is 0 Å². The first-order valence-corrected chi connectivity index (χ1v) is 7.46. The predicted molar refractivity (Wildman–Crippen MR) is 89.0 cm³/mol. The Hall–Kier alpha value is -2.23. The molecule has 1 aromatic carbocycles. The summed E-state index contributed by atoms with van der Waals surface area (Å²) < 4.78 is 7.56. The predicted octanol–water partition coefficient (Wildman–Crippen LogP) is 3.00. The first kappa shape index (κ1) is 14.7. The van der Waals surface area contributed by atoms with E-state index in [0.717, 1.165) is 11.3 Å². The van der Waals surface area contributed by atoms with Gasteiger partial charge in [0.15, 0.2) is 5.65 Å². The number of aromatic nitrogens is 3. The van der Waals surface area contributed by atoms with Gasteiger partial charge in [-0.2, -0.15) is 5.10 Å². The molecule has 2 aromatic heterocycles. The van der Waals surface area contributed by atoms with E-state index in [2.05, 4.69) is 32.7 Å². The molecule has 2 heterocycles. The molecule has 0 radical (unpaired) electrons. The van der Waals surface area contributed by atoms with E-state index in [-0.39, 0.29) is 5.69 Å². The number of hydrogen-bond acceptors (Lipinski definition) is 5. The average Bonchev–Trinajstić information content (AvgIpc) is 2.84. The van der Waals surface area contributed by atoms with E-state index in [9.17, 15) is 10.1 Å². The molecule has 0 saturated carbocycles. The second-order valence-electron chi connectivity index (χ2n) is 4.62. The van der Waals surface area contributed by atoms with Gasteiger partial charge in [0.1, 0.15) is 15.6 Å². The summed E-state index contributed by atoms with van der Waals surface area (Å²) in [7, 11) is 1.62. The van der Waals surface area contributed by atoms with Crippen LogP contribution in [0.2, 0.25) is 0 Å². The van der Waals surface area contributed by atoms with Crippen LogP contribution in [-0.4, -0.2) is 26.8 Å². The molecule has 0 spiro atoms. The Morgan fingerprint density at radius 1 is 1.36 bits per heavy atom. The highest BCUT2D eigenvalue weighted by Gasteiger charge is 2.15. The van der Waals surface area contributed by atoms with Crippen molar-refractivity contribution >= 4 is 39.3 Å². The Kier molecular flexibility index (Phi) is 3.92. The van der Waals surface area contributed by atoms with E-state index < -0.39 is 4.92 Å². The lowest BCUT2D eigenvalue weighted by molar-refractivity contribution is -0.385. The molecule has 0 aliphatic carbocycles. The Labute approximate surface area is 139 Å². The largest absolute Gasteiger partial charge is 0.497 e. The summed E-state index contributed by atoms with van der Waals surface area (Å²) in [5.41, 5.74) is 1.64. The zero-order valence-electron chi connectivity index (χ0n) is 11.6. The van der Waals surface area contributed by atoms with Crippen LogP contribution in [0.4, 0.5) is 5.69 Å². The number of benzene rings is 1. The van der Waals surface area contributed by atoms with Gasteiger partial charge in [-0.3, -0.25) is 10.1 Å². The highest BCUT2D eigenvalue weighted by Crippen LogP contribution is 2.23. The summed E-state index contributed by atoms with van der Waals surface area (Å²) in [4.78, 5) is 14.6. The van der Waals surface area contributed by atoms with Crippen LogP contribution < -0.4 is 4.74 Å². The maximum absolute atomic E-state index is 10.8. The molecular weight excluding hydrogens is 399 g/mol. The summed E-state index contributed by atoms with van der Waals surface area (Å²) in [6, 6.07) is 9.16. The van der Waals surface area contributed by atoms with Gasteiger partial charge in [0.05, 0.1) is 24.0 Å².